The van der Waals surface area contributed by atoms with Gasteiger partial charge in [0, 0.05) is 11.6 Å². The minimum Gasteiger partial charge on any atom is -1.00 e. The van der Waals surface area contributed by atoms with Crippen molar-refractivity contribution in [1.29, 1.82) is 0 Å². The molecule has 0 fully saturated rings. The number of hydrogen-bond donors (Lipinski definition) is 1. The molecule has 0 amide bonds. The van der Waals surface area contributed by atoms with Crippen LogP contribution in [0.25, 0.3) is 0 Å². The van der Waals surface area contributed by atoms with Crippen LogP contribution in [-0.2, 0) is 11.3 Å². The summed E-state index contributed by atoms with van der Waals surface area (Å²) in [4.78, 5) is 0. The van der Waals surface area contributed by atoms with Crippen LogP contribution in [0.1, 0.15) is 5.56 Å². The number of ether oxygens (including phenoxy) is 1. The standard InChI is InChI=1S/C9H12ClNO.ClH/c10-9-4-2-1-3-8(9)7-12-6-5-11;/h1-4H,5-7,11H2;1H/p-1. The van der Waals surface area contributed by atoms with E-state index in [1.54, 1.807) is 0 Å². The number of rotatable bonds is 4. The highest BCUT2D eigenvalue weighted by atomic mass is 35.5. The number of benzene rings is 1. The highest BCUT2D eigenvalue weighted by molar-refractivity contribution is 6.31. The summed E-state index contributed by atoms with van der Waals surface area (Å²) in [5.74, 6) is 0. The van der Waals surface area contributed by atoms with Gasteiger partial charge in [-0.3, -0.25) is 0 Å². The summed E-state index contributed by atoms with van der Waals surface area (Å²) < 4.78 is 5.24. The van der Waals surface area contributed by atoms with E-state index in [-0.39, 0.29) is 12.4 Å². The second-order valence-electron chi connectivity index (χ2n) is 2.43. The molecule has 0 aromatic heterocycles. The topological polar surface area (TPSA) is 35.2 Å². The molecule has 0 aliphatic carbocycles. The Hall–Kier alpha value is -0.280. The normalized spacial score (nSPS) is 9.38. The van der Waals surface area contributed by atoms with Gasteiger partial charge in [0.2, 0.25) is 0 Å². The van der Waals surface area contributed by atoms with E-state index in [0.29, 0.717) is 19.8 Å². The van der Waals surface area contributed by atoms with Crippen molar-refractivity contribution in [3.8, 4) is 0 Å². The minimum atomic E-state index is 0. The van der Waals surface area contributed by atoms with Crippen molar-refractivity contribution in [3.63, 3.8) is 0 Å². The fraction of sp³-hybridized carbons (Fsp3) is 0.333. The lowest BCUT2D eigenvalue weighted by atomic mass is 10.2. The maximum absolute atomic E-state index is 5.89. The van der Waals surface area contributed by atoms with Crippen LogP contribution in [0.3, 0.4) is 0 Å². The molecule has 1 aromatic carbocycles. The van der Waals surface area contributed by atoms with E-state index >= 15 is 0 Å². The summed E-state index contributed by atoms with van der Waals surface area (Å²) in [6.45, 7) is 1.66. The monoisotopic (exact) mass is 220 g/mol. The molecule has 0 radical (unpaired) electrons. The molecular formula is C9H12Cl2NO-. The van der Waals surface area contributed by atoms with Crippen molar-refractivity contribution in [3.05, 3.63) is 34.9 Å². The molecule has 1 rings (SSSR count). The first-order chi connectivity index (χ1) is 5.84. The van der Waals surface area contributed by atoms with E-state index in [9.17, 15) is 0 Å². The Morgan fingerprint density at radius 1 is 1.31 bits per heavy atom. The lowest BCUT2D eigenvalue weighted by molar-refractivity contribution is -0.00000291. The van der Waals surface area contributed by atoms with Crippen LogP contribution in [0, 0.1) is 0 Å². The maximum Gasteiger partial charge on any atom is 0.0731 e. The van der Waals surface area contributed by atoms with Gasteiger partial charge in [-0.1, -0.05) is 29.8 Å². The number of nitrogens with two attached hydrogens (primary N) is 1. The molecule has 0 aliphatic rings. The fourth-order valence-electron chi connectivity index (χ4n) is 0.881. The van der Waals surface area contributed by atoms with Gasteiger partial charge in [-0.25, -0.2) is 0 Å². The van der Waals surface area contributed by atoms with E-state index in [1.165, 1.54) is 0 Å². The quantitative estimate of drug-likeness (QED) is 0.649. The van der Waals surface area contributed by atoms with Crippen LogP contribution in [-0.4, -0.2) is 13.2 Å². The summed E-state index contributed by atoms with van der Waals surface area (Å²) in [5.41, 5.74) is 6.28. The Kier molecular flexibility index (Phi) is 7.00. The molecule has 1 aromatic rings. The predicted molar refractivity (Wildman–Crippen MR) is 50.2 cm³/mol. The number of halogens is 2. The van der Waals surface area contributed by atoms with Crippen molar-refractivity contribution in [2.75, 3.05) is 13.2 Å². The first-order valence-electron chi connectivity index (χ1n) is 3.86. The summed E-state index contributed by atoms with van der Waals surface area (Å²) in [6.07, 6.45) is 0. The van der Waals surface area contributed by atoms with E-state index < -0.39 is 0 Å². The second-order valence-corrected chi connectivity index (χ2v) is 2.84. The summed E-state index contributed by atoms with van der Waals surface area (Å²) in [5, 5.41) is 0.745. The molecule has 0 atom stereocenters. The second kappa shape index (κ2) is 7.15. The molecule has 0 bridgehead atoms. The highest BCUT2D eigenvalue weighted by Crippen LogP contribution is 2.15. The predicted octanol–water partition coefficient (Wildman–Crippen LogP) is -1.18. The average molecular weight is 221 g/mol. The van der Waals surface area contributed by atoms with E-state index in [1.807, 2.05) is 24.3 Å². The molecule has 13 heavy (non-hydrogen) atoms. The Morgan fingerprint density at radius 3 is 2.62 bits per heavy atom. The largest absolute Gasteiger partial charge is 1.00 e. The van der Waals surface area contributed by atoms with Crippen molar-refractivity contribution >= 4 is 11.6 Å². The van der Waals surface area contributed by atoms with Crippen LogP contribution >= 0.6 is 11.6 Å². The molecule has 2 N–H and O–H groups in total. The first kappa shape index (κ1) is 12.7. The van der Waals surface area contributed by atoms with Gasteiger partial charge in [-0.15, -0.1) is 0 Å². The van der Waals surface area contributed by atoms with Gasteiger partial charge in [0.1, 0.15) is 0 Å². The molecule has 0 unspecified atom stereocenters. The van der Waals surface area contributed by atoms with Gasteiger partial charge in [0.05, 0.1) is 13.2 Å². The Balaban J connectivity index is 0.00000144. The molecule has 2 nitrogen and oxygen atoms in total. The Bertz CT molecular complexity index is 243. The van der Waals surface area contributed by atoms with E-state index in [0.717, 1.165) is 10.6 Å². The highest BCUT2D eigenvalue weighted by Gasteiger charge is 1.97. The zero-order valence-electron chi connectivity index (χ0n) is 7.17. The smallest absolute Gasteiger partial charge is 0.0731 e. The van der Waals surface area contributed by atoms with Gasteiger partial charge < -0.3 is 22.9 Å². The minimum absolute atomic E-state index is 0. The first-order valence-corrected chi connectivity index (χ1v) is 4.23. The van der Waals surface area contributed by atoms with Gasteiger partial charge in [-0.05, 0) is 11.6 Å². The number of hydrogen-bond acceptors (Lipinski definition) is 2. The van der Waals surface area contributed by atoms with Crippen molar-refractivity contribution in [1.82, 2.24) is 0 Å². The molecule has 0 aliphatic heterocycles. The molecule has 4 heteroatoms. The lowest BCUT2D eigenvalue weighted by Crippen LogP contribution is -3.00. The lowest BCUT2D eigenvalue weighted by Gasteiger charge is -2.03. The van der Waals surface area contributed by atoms with Crippen LogP contribution in [0.5, 0.6) is 0 Å². The van der Waals surface area contributed by atoms with Crippen LogP contribution in [0.2, 0.25) is 5.02 Å². The summed E-state index contributed by atoms with van der Waals surface area (Å²) in [6, 6.07) is 7.63. The fourth-order valence-corrected chi connectivity index (χ4v) is 1.07. The van der Waals surface area contributed by atoms with Gasteiger partial charge in [-0.2, -0.15) is 0 Å². The average Bonchev–Trinajstić information content (AvgIpc) is 2.09. The maximum atomic E-state index is 5.89. The summed E-state index contributed by atoms with van der Waals surface area (Å²) in [7, 11) is 0. The molecule has 74 valence electrons. The van der Waals surface area contributed by atoms with Crippen LogP contribution in [0.4, 0.5) is 0 Å². The van der Waals surface area contributed by atoms with Gasteiger partial charge >= 0.3 is 0 Å². The van der Waals surface area contributed by atoms with Gasteiger partial charge in [0.15, 0.2) is 0 Å². The zero-order chi connectivity index (χ0) is 8.81. The molecular weight excluding hydrogens is 209 g/mol. The third kappa shape index (κ3) is 4.48. The zero-order valence-corrected chi connectivity index (χ0v) is 8.68. The van der Waals surface area contributed by atoms with Crippen molar-refractivity contribution < 1.29 is 17.1 Å². The van der Waals surface area contributed by atoms with E-state index in [4.69, 9.17) is 22.1 Å². The van der Waals surface area contributed by atoms with Crippen LogP contribution in [0.15, 0.2) is 24.3 Å². The Morgan fingerprint density at radius 2 is 2.00 bits per heavy atom. The van der Waals surface area contributed by atoms with Crippen molar-refractivity contribution in [2.24, 2.45) is 5.73 Å². The SMILES string of the molecule is NCCOCc1ccccc1Cl.[Cl-]. The molecule has 0 saturated heterocycles. The molecule has 0 spiro atoms. The third-order valence-electron chi connectivity index (χ3n) is 1.48. The van der Waals surface area contributed by atoms with Crippen molar-refractivity contribution in [2.45, 2.75) is 6.61 Å². The molecule has 0 saturated carbocycles. The van der Waals surface area contributed by atoms with E-state index in [2.05, 4.69) is 0 Å². The summed E-state index contributed by atoms with van der Waals surface area (Å²) >= 11 is 5.89. The Labute approximate surface area is 89.4 Å². The molecule has 0 heterocycles. The van der Waals surface area contributed by atoms with Gasteiger partial charge in [0.25, 0.3) is 0 Å². The third-order valence-corrected chi connectivity index (χ3v) is 1.85. The van der Waals surface area contributed by atoms with Crippen LogP contribution < -0.4 is 18.1 Å².